The second-order valence-corrected chi connectivity index (χ2v) is 6.68. The van der Waals surface area contributed by atoms with E-state index in [0.717, 1.165) is 17.6 Å². The zero-order valence-electron chi connectivity index (χ0n) is 11.2. The smallest absolute Gasteiger partial charge is 0.341 e. The zero-order chi connectivity index (χ0) is 16.1. The summed E-state index contributed by atoms with van der Waals surface area (Å²) in [4.78, 5) is 33.5. The number of nitro benzene ring substituents is 1. The van der Waals surface area contributed by atoms with Crippen molar-refractivity contribution in [3.05, 3.63) is 55.8 Å². The van der Waals surface area contributed by atoms with E-state index in [1.165, 1.54) is 47.8 Å². The van der Waals surface area contributed by atoms with Crippen molar-refractivity contribution in [2.24, 2.45) is 0 Å². The Balaban J connectivity index is 2.23. The molecule has 1 N–H and O–H groups in total. The van der Waals surface area contributed by atoms with Gasteiger partial charge in [0.25, 0.3) is 5.69 Å². The Morgan fingerprint density at radius 3 is 2.55 bits per heavy atom. The van der Waals surface area contributed by atoms with Gasteiger partial charge in [-0.15, -0.1) is 23.5 Å². The molecule has 1 aliphatic rings. The quantitative estimate of drug-likeness (QED) is 0.290. The van der Waals surface area contributed by atoms with Crippen LogP contribution in [0.3, 0.4) is 0 Å². The summed E-state index contributed by atoms with van der Waals surface area (Å²) >= 11 is 2.71. The van der Waals surface area contributed by atoms with Crippen LogP contribution < -0.4 is 0 Å². The summed E-state index contributed by atoms with van der Waals surface area (Å²) in [5.74, 6) is -0.321. The molecule has 0 atom stereocenters. The molecule has 0 unspecified atom stereocenters. The van der Waals surface area contributed by atoms with E-state index in [9.17, 15) is 24.8 Å². The molecule has 6 nitrogen and oxygen atoms in total. The molecule has 1 aromatic carbocycles. The largest absolute Gasteiger partial charge is 0.477 e. The van der Waals surface area contributed by atoms with E-state index in [1.807, 2.05) is 0 Å². The Morgan fingerprint density at radius 1 is 1.27 bits per heavy atom. The summed E-state index contributed by atoms with van der Waals surface area (Å²) in [7, 11) is 0. The minimum atomic E-state index is -1.26. The van der Waals surface area contributed by atoms with Gasteiger partial charge < -0.3 is 5.11 Å². The number of rotatable bonds is 5. The lowest BCUT2D eigenvalue weighted by Gasteiger charge is -2.01. The maximum absolute atomic E-state index is 12.1. The van der Waals surface area contributed by atoms with Gasteiger partial charge in [-0.3, -0.25) is 14.9 Å². The van der Waals surface area contributed by atoms with E-state index in [-0.39, 0.29) is 11.3 Å². The SMILES string of the molecule is O=C(O)C(C(=O)/C=C/c1cccc([N+](=O)[O-])c1)=C1SCCS1. The topological polar surface area (TPSA) is 97.5 Å². The third-order valence-electron chi connectivity index (χ3n) is 2.72. The number of thioether (sulfide) groups is 2. The first-order chi connectivity index (χ1) is 10.5. The van der Waals surface area contributed by atoms with Crippen LogP contribution >= 0.6 is 23.5 Å². The molecule has 1 aliphatic heterocycles. The number of nitro groups is 1. The number of hydrogen-bond acceptors (Lipinski definition) is 6. The van der Waals surface area contributed by atoms with Crippen LogP contribution in [0.5, 0.6) is 0 Å². The number of carbonyl (C=O) groups excluding carboxylic acids is 1. The molecule has 1 saturated heterocycles. The summed E-state index contributed by atoms with van der Waals surface area (Å²) in [5.41, 5.74) is 0.131. The normalized spacial score (nSPS) is 14.3. The van der Waals surface area contributed by atoms with Gasteiger partial charge in [-0.2, -0.15) is 0 Å². The maximum Gasteiger partial charge on any atom is 0.341 e. The summed E-state index contributed by atoms with van der Waals surface area (Å²) in [5, 5.41) is 19.9. The number of benzene rings is 1. The summed E-state index contributed by atoms with van der Waals surface area (Å²) in [6.07, 6.45) is 2.51. The molecular weight excluding hydrogens is 326 g/mol. The van der Waals surface area contributed by atoms with Gasteiger partial charge in [0.2, 0.25) is 0 Å². The standard InChI is InChI=1S/C14H11NO5S2/c16-11(12(13(17)18)14-21-6-7-22-14)5-4-9-2-1-3-10(8-9)15(19)20/h1-5,8H,6-7H2,(H,17,18)/b5-4+. The third-order valence-corrected chi connectivity index (χ3v) is 5.44. The molecule has 8 heteroatoms. The van der Waals surface area contributed by atoms with Crippen molar-refractivity contribution < 1.29 is 19.6 Å². The molecule has 0 radical (unpaired) electrons. The minimum absolute atomic E-state index is 0.0895. The lowest BCUT2D eigenvalue weighted by Crippen LogP contribution is -2.11. The van der Waals surface area contributed by atoms with E-state index in [1.54, 1.807) is 6.07 Å². The fourth-order valence-electron chi connectivity index (χ4n) is 1.75. The molecule has 0 amide bonds. The minimum Gasteiger partial charge on any atom is -0.477 e. The number of ketones is 1. The molecule has 1 heterocycles. The Kier molecular flexibility index (Phi) is 5.40. The van der Waals surface area contributed by atoms with Crippen molar-refractivity contribution in [2.75, 3.05) is 11.5 Å². The van der Waals surface area contributed by atoms with Crippen molar-refractivity contribution in [1.29, 1.82) is 0 Å². The van der Waals surface area contributed by atoms with Gasteiger partial charge in [-0.1, -0.05) is 18.2 Å². The van der Waals surface area contributed by atoms with E-state index in [4.69, 9.17) is 0 Å². The Bertz CT molecular complexity index is 688. The van der Waals surface area contributed by atoms with Crippen molar-refractivity contribution >= 4 is 47.0 Å². The number of hydrogen-bond donors (Lipinski definition) is 1. The molecular formula is C14H11NO5S2. The van der Waals surface area contributed by atoms with Gasteiger partial charge in [0.15, 0.2) is 5.78 Å². The Hall–Kier alpha value is -2.06. The monoisotopic (exact) mass is 337 g/mol. The van der Waals surface area contributed by atoms with Crippen LogP contribution in [0.15, 0.2) is 40.2 Å². The molecule has 114 valence electrons. The first kappa shape index (κ1) is 16.3. The predicted molar refractivity (Wildman–Crippen MR) is 86.7 cm³/mol. The van der Waals surface area contributed by atoms with Gasteiger partial charge in [0.05, 0.1) is 9.16 Å². The highest BCUT2D eigenvalue weighted by atomic mass is 32.2. The van der Waals surface area contributed by atoms with E-state index in [2.05, 4.69) is 0 Å². The Labute approximate surface area is 134 Å². The van der Waals surface area contributed by atoms with E-state index in [0.29, 0.717) is 9.80 Å². The summed E-state index contributed by atoms with van der Waals surface area (Å²) < 4.78 is 0.515. The van der Waals surface area contributed by atoms with Gasteiger partial charge >= 0.3 is 5.97 Å². The molecule has 0 saturated carbocycles. The van der Waals surface area contributed by atoms with Gasteiger partial charge in [0, 0.05) is 23.6 Å². The highest BCUT2D eigenvalue weighted by Crippen LogP contribution is 2.39. The molecule has 0 aromatic heterocycles. The lowest BCUT2D eigenvalue weighted by atomic mass is 10.1. The highest BCUT2D eigenvalue weighted by Gasteiger charge is 2.24. The van der Waals surface area contributed by atoms with Crippen molar-refractivity contribution in [2.45, 2.75) is 0 Å². The number of carbonyl (C=O) groups is 2. The number of aliphatic carboxylic acids is 1. The fraction of sp³-hybridized carbons (Fsp3) is 0.143. The average molecular weight is 337 g/mol. The number of carboxylic acids is 1. The molecule has 0 aliphatic carbocycles. The van der Waals surface area contributed by atoms with Crippen LogP contribution in [0.25, 0.3) is 6.08 Å². The van der Waals surface area contributed by atoms with Crippen molar-refractivity contribution in [3.8, 4) is 0 Å². The number of carboxylic acid groups (broad SMARTS) is 1. The van der Waals surface area contributed by atoms with Crippen LogP contribution in [-0.2, 0) is 9.59 Å². The zero-order valence-corrected chi connectivity index (χ0v) is 12.9. The molecule has 1 fully saturated rings. The third kappa shape index (κ3) is 3.99. The maximum atomic E-state index is 12.1. The summed E-state index contributed by atoms with van der Waals surface area (Å²) in [6.45, 7) is 0. The number of allylic oxidation sites excluding steroid dienone is 1. The van der Waals surface area contributed by atoms with Crippen LogP contribution in [0, 0.1) is 10.1 Å². The van der Waals surface area contributed by atoms with Gasteiger partial charge in [-0.05, 0) is 11.6 Å². The molecule has 1 aromatic rings. The number of non-ortho nitro benzene ring substituents is 1. The van der Waals surface area contributed by atoms with E-state index < -0.39 is 16.7 Å². The second kappa shape index (κ2) is 7.28. The molecule has 2 rings (SSSR count). The van der Waals surface area contributed by atoms with Crippen LogP contribution in [0.4, 0.5) is 5.69 Å². The Morgan fingerprint density at radius 2 is 1.95 bits per heavy atom. The van der Waals surface area contributed by atoms with Crippen molar-refractivity contribution in [3.63, 3.8) is 0 Å². The lowest BCUT2D eigenvalue weighted by molar-refractivity contribution is -0.384. The average Bonchev–Trinajstić information content (AvgIpc) is 2.99. The van der Waals surface area contributed by atoms with E-state index >= 15 is 0 Å². The van der Waals surface area contributed by atoms with Crippen LogP contribution in [0.2, 0.25) is 0 Å². The fourth-order valence-corrected chi connectivity index (χ4v) is 4.28. The van der Waals surface area contributed by atoms with Gasteiger partial charge in [0.1, 0.15) is 5.57 Å². The van der Waals surface area contributed by atoms with Crippen LogP contribution in [0.1, 0.15) is 5.56 Å². The second-order valence-electron chi connectivity index (χ2n) is 4.21. The predicted octanol–water partition coefficient (Wildman–Crippen LogP) is 2.95. The first-order valence-corrected chi connectivity index (χ1v) is 8.16. The van der Waals surface area contributed by atoms with Crippen LogP contribution in [-0.4, -0.2) is 33.3 Å². The number of nitrogens with zero attached hydrogens (tertiary/aromatic N) is 1. The van der Waals surface area contributed by atoms with Crippen molar-refractivity contribution in [1.82, 2.24) is 0 Å². The molecule has 0 bridgehead atoms. The molecule has 0 spiro atoms. The van der Waals surface area contributed by atoms with Gasteiger partial charge in [-0.25, -0.2) is 4.79 Å². The molecule has 22 heavy (non-hydrogen) atoms. The first-order valence-electron chi connectivity index (χ1n) is 6.19. The summed E-state index contributed by atoms with van der Waals surface area (Å²) in [6, 6.07) is 5.76. The highest BCUT2D eigenvalue weighted by molar-refractivity contribution is 8.25.